The molecular weight excluding hydrogens is 406 g/mol. The van der Waals surface area contributed by atoms with Gasteiger partial charge >= 0.3 is 5.97 Å². The molecule has 0 saturated carbocycles. The second-order valence-corrected chi connectivity index (χ2v) is 8.01. The highest BCUT2D eigenvalue weighted by Crippen LogP contribution is 2.45. The number of rotatable bonds is 7. The fraction of sp³-hybridized carbons (Fsp3) is 0.346. The topological polar surface area (TPSA) is 68.2 Å². The zero-order chi connectivity index (χ0) is 22.7. The van der Waals surface area contributed by atoms with Crippen molar-refractivity contribution in [2.24, 2.45) is 0 Å². The molecule has 1 fully saturated rings. The van der Waals surface area contributed by atoms with Gasteiger partial charge in [-0.15, -0.1) is 0 Å². The van der Waals surface area contributed by atoms with Crippen LogP contribution in [0.3, 0.4) is 0 Å². The van der Waals surface area contributed by atoms with Crippen molar-refractivity contribution in [2.75, 3.05) is 27.9 Å². The minimum Gasteiger partial charge on any atom is -0.496 e. The van der Waals surface area contributed by atoms with E-state index in [2.05, 4.69) is 29.2 Å². The van der Waals surface area contributed by atoms with Gasteiger partial charge < -0.3 is 19.3 Å². The minimum atomic E-state index is -0.797. The molecule has 0 amide bonds. The SMILES string of the molecule is COc1cc(OC)c(C(c2cccc3ccccc23)N2CCCCC2C(=O)O)cc1OC. The molecular formula is C26H29NO5. The lowest BCUT2D eigenvalue weighted by molar-refractivity contribution is -0.145. The minimum absolute atomic E-state index is 0.322. The largest absolute Gasteiger partial charge is 0.496 e. The van der Waals surface area contributed by atoms with Crippen molar-refractivity contribution in [1.29, 1.82) is 0 Å². The molecule has 1 aliphatic rings. The second-order valence-electron chi connectivity index (χ2n) is 8.01. The number of carbonyl (C=O) groups is 1. The maximum atomic E-state index is 12.3. The van der Waals surface area contributed by atoms with E-state index in [0.29, 0.717) is 30.2 Å². The number of likely N-dealkylation sites (tertiary alicyclic amines) is 1. The quantitative estimate of drug-likeness (QED) is 0.570. The Morgan fingerprint density at radius 1 is 0.906 bits per heavy atom. The first-order valence-corrected chi connectivity index (χ1v) is 10.8. The van der Waals surface area contributed by atoms with E-state index >= 15 is 0 Å². The molecule has 0 spiro atoms. The third-order valence-electron chi connectivity index (χ3n) is 6.31. The summed E-state index contributed by atoms with van der Waals surface area (Å²) in [4.78, 5) is 14.4. The Hall–Kier alpha value is -3.25. The molecule has 2 unspecified atom stereocenters. The van der Waals surface area contributed by atoms with Gasteiger partial charge in [-0.25, -0.2) is 0 Å². The summed E-state index contributed by atoms with van der Waals surface area (Å²) in [7, 11) is 4.81. The van der Waals surface area contributed by atoms with Gasteiger partial charge in [0.25, 0.3) is 0 Å². The zero-order valence-electron chi connectivity index (χ0n) is 18.7. The highest BCUT2D eigenvalue weighted by atomic mass is 16.5. The van der Waals surface area contributed by atoms with Crippen molar-refractivity contribution < 1.29 is 24.1 Å². The number of ether oxygens (including phenoxy) is 3. The fourth-order valence-corrected chi connectivity index (χ4v) is 4.81. The van der Waals surface area contributed by atoms with Gasteiger partial charge in [-0.05, 0) is 41.8 Å². The van der Waals surface area contributed by atoms with E-state index in [1.54, 1.807) is 21.3 Å². The van der Waals surface area contributed by atoms with Gasteiger partial charge in [0.15, 0.2) is 11.5 Å². The van der Waals surface area contributed by atoms with Crippen LogP contribution in [0.25, 0.3) is 10.8 Å². The van der Waals surface area contributed by atoms with Gasteiger partial charge in [0.05, 0.1) is 27.4 Å². The Labute approximate surface area is 188 Å². The predicted octanol–water partition coefficient (Wildman–Crippen LogP) is 4.89. The summed E-state index contributed by atoms with van der Waals surface area (Å²) in [5.74, 6) is 0.986. The number of carboxylic acid groups (broad SMARTS) is 1. The molecule has 0 bridgehead atoms. The fourth-order valence-electron chi connectivity index (χ4n) is 4.81. The molecule has 6 nitrogen and oxygen atoms in total. The van der Waals surface area contributed by atoms with E-state index in [1.165, 1.54) is 0 Å². The van der Waals surface area contributed by atoms with Crippen LogP contribution in [0.1, 0.15) is 36.4 Å². The van der Waals surface area contributed by atoms with E-state index in [1.807, 2.05) is 30.3 Å². The molecule has 2 atom stereocenters. The summed E-state index contributed by atoms with van der Waals surface area (Å²) in [6, 6.07) is 17.2. The summed E-state index contributed by atoms with van der Waals surface area (Å²) in [6.45, 7) is 0.683. The highest BCUT2D eigenvalue weighted by Gasteiger charge is 2.37. The molecule has 0 aliphatic carbocycles. The van der Waals surface area contributed by atoms with Crippen LogP contribution in [0.15, 0.2) is 54.6 Å². The monoisotopic (exact) mass is 435 g/mol. The van der Waals surface area contributed by atoms with E-state index in [4.69, 9.17) is 14.2 Å². The summed E-state index contributed by atoms with van der Waals surface area (Å²) in [5.41, 5.74) is 1.90. The standard InChI is InChI=1S/C26H29NO5/c1-30-22-16-24(32-3)23(31-2)15-20(22)25(27-14-7-6-13-21(27)26(28)29)19-12-8-10-17-9-4-5-11-18(17)19/h4-5,8-12,15-16,21,25H,6-7,13-14H2,1-3H3,(H,28,29). The maximum absolute atomic E-state index is 12.3. The molecule has 1 aliphatic heterocycles. The lowest BCUT2D eigenvalue weighted by Gasteiger charge is -2.40. The normalized spacial score (nSPS) is 17.7. The van der Waals surface area contributed by atoms with Gasteiger partial charge in [-0.3, -0.25) is 9.69 Å². The first-order chi connectivity index (χ1) is 15.6. The van der Waals surface area contributed by atoms with Crippen LogP contribution in [0, 0.1) is 0 Å². The van der Waals surface area contributed by atoms with Crippen LogP contribution < -0.4 is 14.2 Å². The lowest BCUT2D eigenvalue weighted by Crippen LogP contribution is -2.47. The smallest absolute Gasteiger partial charge is 0.320 e. The van der Waals surface area contributed by atoms with Crippen molar-refractivity contribution in [3.63, 3.8) is 0 Å². The van der Waals surface area contributed by atoms with Gasteiger partial charge in [0, 0.05) is 11.6 Å². The molecule has 32 heavy (non-hydrogen) atoms. The molecule has 1 saturated heterocycles. The molecule has 0 radical (unpaired) electrons. The number of piperidine rings is 1. The Morgan fingerprint density at radius 2 is 1.59 bits per heavy atom. The number of benzene rings is 3. The molecule has 3 aromatic carbocycles. The van der Waals surface area contributed by atoms with Crippen LogP contribution in [-0.4, -0.2) is 49.9 Å². The van der Waals surface area contributed by atoms with Crippen molar-refractivity contribution in [3.8, 4) is 17.2 Å². The van der Waals surface area contributed by atoms with Crippen molar-refractivity contribution in [2.45, 2.75) is 31.3 Å². The van der Waals surface area contributed by atoms with E-state index < -0.39 is 12.0 Å². The number of fused-ring (bicyclic) bond motifs is 1. The van der Waals surface area contributed by atoms with Crippen molar-refractivity contribution in [1.82, 2.24) is 4.90 Å². The van der Waals surface area contributed by atoms with Crippen LogP contribution in [0.4, 0.5) is 0 Å². The van der Waals surface area contributed by atoms with Gasteiger partial charge in [-0.2, -0.15) is 0 Å². The lowest BCUT2D eigenvalue weighted by atomic mass is 9.88. The Balaban J connectivity index is 2.00. The summed E-state index contributed by atoms with van der Waals surface area (Å²) in [5, 5.41) is 12.3. The Bertz CT molecular complexity index is 1110. The van der Waals surface area contributed by atoms with Gasteiger partial charge in [0.1, 0.15) is 11.8 Å². The molecule has 1 N–H and O–H groups in total. The molecule has 6 heteroatoms. The highest BCUT2D eigenvalue weighted by molar-refractivity contribution is 5.87. The maximum Gasteiger partial charge on any atom is 0.320 e. The number of aliphatic carboxylic acids is 1. The number of carboxylic acids is 1. The molecule has 0 aromatic heterocycles. The van der Waals surface area contributed by atoms with Crippen molar-refractivity contribution in [3.05, 3.63) is 65.7 Å². The molecule has 1 heterocycles. The average Bonchev–Trinajstić information content (AvgIpc) is 2.84. The third kappa shape index (κ3) is 3.98. The van der Waals surface area contributed by atoms with Gasteiger partial charge in [-0.1, -0.05) is 48.9 Å². The number of hydrogen-bond donors (Lipinski definition) is 1. The van der Waals surface area contributed by atoms with Crippen LogP contribution in [-0.2, 0) is 4.79 Å². The van der Waals surface area contributed by atoms with Crippen LogP contribution in [0.5, 0.6) is 17.2 Å². The predicted molar refractivity (Wildman–Crippen MR) is 124 cm³/mol. The van der Waals surface area contributed by atoms with Crippen LogP contribution in [0.2, 0.25) is 0 Å². The second kappa shape index (κ2) is 9.49. The zero-order valence-corrected chi connectivity index (χ0v) is 18.7. The molecule has 3 aromatic rings. The number of hydrogen-bond acceptors (Lipinski definition) is 5. The summed E-state index contributed by atoms with van der Waals surface area (Å²) < 4.78 is 16.9. The van der Waals surface area contributed by atoms with Crippen LogP contribution >= 0.6 is 0 Å². The molecule has 168 valence electrons. The van der Waals surface area contributed by atoms with E-state index in [0.717, 1.165) is 34.7 Å². The third-order valence-corrected chi connectivity index (χ3v) is 6.31. The Morgan fingerprint density at radius 3 is 2.31 bits per heavy atom. The first kappa shape index (κ1) is 22.0. The van der Waals surface area contributed by atoms with E-state index in [-0.39, 0.29) is 6.04 Å². The number of methoxy groups -OCH3 is 3. The first-order valence-electron chi connectivity index (χ1n) is 10.8. The summed E-state index contributed by atoms with van der Waals surface area (Å²) >= 11 is 0. The number of nitrogens with zero attached hydrogens (tertiary/aromatic N) is 1. The van der Waals surface area contributed by atoms with Crippen molar-refractivity contribution >= 4 is 16.7 Å². The summed E-state index contributed by atoms with van der Waals surface area (Å²) in [6.07, 6.45) is 2.46. The average molecular weight is 436 g/mol. The molecule has 4 rings (SSSR count). The van der Waals surface area contributed by atoms with E-state index in [9.17, 15) is 9.90 Å². The Kier molecular flexibility index (Phi) is 6.51. The van der Waals surface area contributed by atoms with Gasteiger partial charge in [0.2, 0.25) is 0 Å².